The molecular formula is C11H24N4O2. The Morgan fingerprint density at radius 1 is 1.59 bits per heavy atom. The van der Waals surface area contributed by atoms with E-state index in [1.165, 1.54) is 0 Å². The lowest BCUT2D eigenvalue weighted by Crippen LogP contribution is -2.42. The molecule has 6 heteroatoms. The fourth-order valence-electron chi connectivity index (χ4n) is 1.80. The average molecular weight is 244 g/mol. The summed E-state index contributed by atoms with van der Waals surface area (Å²) in [5.41, 5.74) is 2.58. The molecule has 4 N–H and O–H groups in total. The Kier molecular flexibility index (Phi) is 6.91. The predicted molar refractivity (Wildman–Crippen MR) is 67.6 cm³/mol. The highest BCUT2D eigenvalue weighted by Crippen LogP contribution is 2.20. The molecule has 1 rings (SSSR count). The molecule has 17 heavy (non-hydrogen) atoms. The van der Waals surface area contributed by atoms with Gasteiger partial charge in [0.2, 0.25) is 5.96 Å². The lowest BCUT2D eigenvalue weighted by atomic mass is 10.0. The van der Waals surface area contributed by atoms with Crippen molar-refractivity contribution in [3.63, 3.8) is 0 Å². The van der Waals surface area contributed by atoms with E-state index in [0.29, 0.717) is 18.0 Å². The number of nitrogens with one attached hydrogen (secondary N) is 2. The van der Waals surface area contributed by atoms with Gasteiger partial charge in [0.25, 0.3) is 0 Å². The molecule has 0 spiro atoms. The van der Waals surface area contributed by atoms with Crippen LogP contribution in [0, 0.1) is 5.92 Å². The van der Waals surface area contributed by atoms with E-state index >= 15 is 0 Å². The molecule has 2 unspecified atom stereocenters. The molecule has 0 aromatic carbocycles. The summed E-state index contributed by atoms with van der Waals surface area (Å²) in [6.07, 6.45) is 2.30. The third-order valence-corrected chi connectivity index (χ3v) is 2.97. The first-order valence-corrected chi connectivity index (χ1v) is 6.13. The summed E-state index contributed by atoms with van der Waals surface area (Å²) in [4.78, 5) is 4.42. The second-order valence-electron chi connectivity index (χ2n) is 4.23. The second-order valence-corrected chi connectivity index (χ2v) is 4.23. The van der Waals surface area contributed by atoms with Crippen molar-refractivity contribution in [2.75, 3.05) is 33.4 Å². The number of rotatable bonds is 6. The number of ether oxygens (including phenoxy) is 2. The SMILES string of the molecule is COCCCNC(=NCC1CCOC1C)NN. The predicted octanol–water partition coefficient (Wildman–Crippen LogP) is -0.143. The standard InChI is InChI=1S/C11H24N4O2/c1-9-10(4-7-17-9)8-14-11(15-12)13-5-3-6-16-2/h9-10H,3-8,12H2,1-2H3,(H2,13,14,15). The third kappa shape index (κ3) is 5.34. The highest BCUT2D eigenvalue weighted by molar-refractivity contribution is 5.79. The van der Waals surface area contributed by atoms with Gasteiger partial charge in [0.15, 0.2) is 0 Å². The Hall–Kier alpha value is -0.850. The van der Waals surface area contributed by atoms with E-state index in [0.717, 1.165) is 39.1 Å². The molecule has 0 amide bonds. The van der Waals surface area contributed by atoms with Gasteiger partial charge in [-0.15, -0.1) is 0 Å². The second kappa shape index (κ2) is 8.27. The van der Waals surface area contributed by atoms with Crippen molar-refractivity contribution in [1.29, 1.82) is 0 Å². The number of nitrogens with zero attached hydrogens (tertiary/aromatic N) is 1. The third-order valence-electron chi connectivity index (χ3n) is 2.97. The zero-order valence-corrected chi connectivity index (χ0v) is 10.7. The van der Waals surface area contributed by atoms with Crippen LogP contribution in [0.2, 0.25) is 0 Å². The van der Waals surface area contributed by atoms with E-state index in [2.05, 4.69) is 22.7 Å². The van der Waals surface area contributed by atoms with E-state index in [1.54, 1.807) is 7.11 Å². The Bertz CT molecular complexity index is 236. The monoisotopic (exact) mass is 244 g/mol. The molecular weight excluding hydrogens is 220 g/mol. The van der Waals surface area contributed by atoms with E-state index in [4.69, 9.17) is 15.3 Å². The quantitative estimate of drug-likeness (QED) is 0.199. The summed E-state index contributed by atoms with van der Waals surface area (Å²) in [5, 5.41) is 3.14. The van der Waals surface area contributed by atoms with E-state index in [1.807, 2.05) is 0 Å². The van der Waals surface area contributed by atoms with Crippen LogP contribution in [0.5, 0.6) is 0 Å². The van der Waals surface area contributed by atoms with Gasteiger partial charge in [0.1, 0.15) is 0 Å². The number of hydrogen-bond donors (Lipinski definition) is 3. The Morgan fingerprint density at radius 2 is 2.41 bits per heavy atom. The Morgan fingerprint density at radius 3 is 3.00 bits per heavy atom. The smallest absolute Gasteiger partial charge is 0.205 e. The minimum Gasteiger partial charge on any atom is -0.385 e. The first-order chi connectivity index (χ1) is 8.27. The minimum absolute atomic E-state index is 0.297. The molecule has 1 heterocycles. The maximum absolute atomic E-state index is 5.49. The van der Waals surface area contributed by atoms with Gasteiger partial charge in [0.05, 0.1) is 6.10 Å². The number of guanidine groups is 1. The van der Waals surface area contributed by atoms with Gasteiger partial charge in [-0.25, -0.2) is 5.84 Å². The van der Waals surface area contributed by atoms with Gasteiger partial charge in [-0.1, -0.05) is 0 Å². The Balaban J connectivity index is 2.23. The maximum Gasteiger partial charge on any atom is 0.205 e. The van der Waals surface area contributed by atoms with Crippen molar-refractivity contribution in [2.24, 2.45) is 16.8 Å². The van der Waals surface area contributed by atoms with Crippen molar-refractivity contribution in [3.8, 4) is 0 Å². The first-order valence-electron chi connectivity index (χ1n) is 6.13. The fraction of sp³-hybridized carbons (Fsp3) is 0.909. The summed E-state index contributed by atoms with van der Waals surface area (Å²) >= 11 is 0. The van der Waals surface area contributed by atoms with Gasteiger partial charge in [-0.2, -0.15) is 0 Å². The van der Waals surface area contributed by atoms with Gasteiger partial charge >= 0.3 is 0 Å². The van der Waals surface area contributed by atoms with Crippen LogP contribution in [0.25, 0.3) is 0 Å². The van der Waals surface area contributed by atoms with Crippen LogP contribution in [0.3, 0.4) is 0 Å². The molecule has 0 saturated carbocycles. The lowest BCUT2D eigenvalue weighted by Gasteiger charge is -2.13. The number of hydrazine groups is 1. The van der Waals surface area contributed by atoms with Crippen molar-refractivity contribution >= 4 is 5.96 Å². The van der Waals surface area contributed by atoms with Crippen LogP contribution < -0.4 is 16.6 Å². The van der Waals surface area contributed by atoms with Crippen LogP contribution in [0.15, 0.2) is 4.99 Å². The van der Waals surface area contributed by atoms with Crippen molar-refractivity contribution in [3.05, 3.63) is 0 Å². The molecule has 0 aromatic rings. The van der Waals surface area contributed by atoms with E-state index < -0.39 is 0 Å². The van der Waals surface area contributed by atoms with Crippen LogP contribution in [-0.2, 0) is 9.47 Å². The summed E-state index contributed by atoms with van der Waals surface area (Å²) in [6, 6.07) is 0. The molecule has 1 fully saturated rings. The highest BCUT2D eigenvalue weighted by atomic mass is 16.5. The van der Waals surface area contributed by atoms with Crippen LogP contribution in [-0.4, -0.2) is 45.5 Å². The lowest BCUT2D eigenvalue weighted by molar-refractivity contribution is 0.107. The number of nitrogens with two attached hydrogens (primary N) is 1. The van der Waals surface area contributed by atoms with Crippen molar-refractivity contribution < 1.29 is 9.47 Å². The Labute approximate surface area is 103 Å². The van der Waals surface area contributed by atoms with Gasteiger partial charge in [-0.05, 0) is 19.8 Å². The highest BCUT2D eigenvalue weighted by Gasteiger charge is 2.23. The summed E-state index contributed by atoms with van der Waals surface area (Å²) in [5.74, 6) is 6.54. The van der Waals surface area contributed by atoms with E-state index in [9.17, 15) is 0 Å². The fourth-order valence-corrected chi connectivity index (χ4v) is 1.80. The molecule has 1 aliphatic heterocycles. The van der Waals surface area contributed by atoms with Crippen LogP contribution in [0.1, 0.15) is 19.8 Å². The van der Waals surface area contributed by atoms with E-state index in [-0.39, 0.29) is 0 Å². The molecule has 0 bridgehead atoms. The zero-order chi connectivity index (χ0) is 12.5. The van der Waals surface area contributed by atoms with Gasteiger partial charge < -0.3 is 14.8 Å². The summed E-state index contributed by atoms with van der Waals surface area (Å²) in [7, 11) is 1.69. The zero-order valence-electron chi connectivity index (χ0n) is 10.7. The summed E-state index contributed by atoms with van der Waals surface area (Å²) in [6.45, 7) is 5.21. The molecule has 0 aromatic heterocycles. The molecule has 0 aliphatic carbocycles. The number of methoxy groups -OCH3 is 1. The van der Waals surface area contributed by atoms with Crippen molar-refractivity contribution in [1.82, 2.24) is 10.7 Å². The molecule has 100 valence electrons. The molecule has 0 radical (unpaired) electrons. The minimum atomic E-state index is 0.297. The molecule has 1 aliphatic rings. The number of hydrogen-bond acceptors (Lipinski definition) is 4. The maximum atomic E-state index is 5.49. The first kappa shape index (κ1) is 14.2. The average Bonchev–Trinajstić information content (AvgIpc) is 2.74. The molecule has 6 nitrogen and oxygen atoms in total. The van der Waals surface area contributed by atoms with Gasteiger partial charge in [-0.3, -0.25) is 10.4 Å². The largest absolute Gasteiger partial charge is 0.385 e. The van der Waals surface area contributed by atoms with Crippen LogP contribution >= 0.6 is 0 Å². The van der Waals surface area contributed by atoms with Crippen LogP contribution in [0.4, 0.5) is 0 Å². The normalized spacial score (nSPS) is 25.0. The van der Waals surface area contributed by atoms with Crippen molar-refractivity contribution in [2.45, 2.75) is 25.9 Å². The molecule has 2 atom stereocenters. The van der Waals surface area contributed by atoms with Gasteiger partial charge in [0, 0.05) is 39.3 Å². The number of aliphatic imine (C=N–C) groups is 1. The topological polar surface area (TPSA) is 80.9 Å². The molecule has 1 saturated heterocycles. The summed E-state index contributed by atoms with van der Waals surface area (Å²) < 4.78 is 10.5.